The van der Waals surface area contributed by atoms with E-state index in [2.05, 4.69) is 82.1 Å². The minimum Gasteiger partial charge on any atom is -0.351 e. The van der Waals surface area contributed by atoms with Gasteiger partial charge in [-0.15, -0.1) is 0 Å². The fraction of sp³-hybridized carbons (Fsp3) is 0.437. The van der Waals surface area contributed by atoms with Crippen LogP contribution in [0.3, 0.4) is 0 Å². The predicted molar refractivity (Wildman–Crippen MR) is 381 cm³/mol. The molecular weight excluding hydrogens is 1170 g/mol. The van der Waals surface area contributed by atoms with E-state index in [9.17, 15) is 24.0 Å². The van der Waals surface area contributed by atoms with E-state index in [0.29, 0.717) is 113 Å². The molecule has 22 heteroatoms. The number of likely N-dealkylation sites (N-methyl/N-ethyl adjacent to an activating group) is 4. The van der Waals surface area contributed by atoms with E-state index in [0.717, 1.165) is 106 Å². The molecule has 0 radical (unpaired) electrons. The zero-order valence-electron chi connectivity index (χ0n) is 55.7. The number of amides is 4. The molecule has 0 aliphatic heterocycles. The average Bonchev–Trinajstić information content (AvgIpc) is 3.80. The number of Topliss-reactive ketones (excluding diaryl/α,β-unsaturated/α-hetero) is 1. The third-order valence-electron chi connectivity index (χ3n) is 15.1. The van der Waals surface area contributed by atoms with Gasteiger partial charge >= 0.3 is 0 Å². The van der Waals surface area contributed by atoms with Crippen molar-refractivity contribution in [2.45, 2.75) is 13.8 Å². The molecule has 500 valence electrons. The number of hydrogen-bond donors (Lipinski definition) is 8. The van der Waals surface area contributed by atoms with Crippen LogP contribution in [0, 0.1) is 0 Å². The van der Waals surface area contributed by atoms with Gasteiger partial charge in [0.1, 0.15) is 0 Å². The van der Waals surface area contributed by atoms with Crippen molar-refractivity contribution in [1.82, 2.24) is 62.1 Å². The molecule has 5 aromatic rings. The van der Waals surface area contributed by atoms with Gasteiger partial charge in [0.2, 0.25) is 0 Å². The number of nitrogens with one attached hydrogen (secondary N) is 8. The Balaban J connectivity index is 0.949. The molecule has 0 spiro atoms. The summed E-state index contributed by atoms with van der Waals surface area (Å²) in [6.45, 7) is 20.8. The number of benzene rings is 5. The summed E-state index contributed by atoms with van der Waals surface area (Å²) >= 11 is 0. The number of nitrogens with zero attached hydrogens (tertiary/aromatic N) is 9. The van der Waals surface area contributed by atoms with Gasteiger partial charge in [0.25, 0.3) is 23.6 Å². The Bertz CT molecular complexity index is 3100. The topological polar surface area (TPSA) is 256 Å². The normalized spacial score (nSPS) is 11.9. The van der Waals surface area contributed by atoms with Crippen molar-refractivity contribution in [3.05, 3.63) is 177 Å². The summed E-state index contributed by atoms with van der Waals surface area (Å²) in [5.41, 5.74) is 7.67. The molecule has 0 heterocycles. The smallest absolute Gasteiger partial charge is 0.251 e. The molecule has 0 bridgehead atoms. The molecule has 0 unspecified atom stereocenters. The van der Waals surface area contributed by atoms with Gasteiger partial charge in [-0.1, -0.05) is 72.8 Å². The van der Waals surface area contributed by atoms with Crippen LogP contribution in [0.4, 0.5) is 0 Å². The molecule has 0 fully saturated rings. The Morgan fingerprint density at radius 1 is 0.301 bits per heavy atom. The van der Waals surface area contributed by atoms with Crippen molar-refractivity contribution in [3.8, 4) is 0 Å². The number of rotatable bonds is 47. The number of aliphatic imine (C=N–C) groups is 5. The molecule has 0 aromatic heterocycles. The molecule has 5 rings (SSSR count). The molecule has 4 amide bonds. The van der Waals surface area contributed by atoms with E-state index < -0.39 is 0 Å². The highest BCUT2D eigenvalue weighted by Crippen LogP contribution is 2.09. The molecule has 22 nitrogen and oxygen atoms in total. The molecular formula is C71H101N17O5. The lowest BCUT2D eigenvalue weighted by atomic mass is 10.1. The van der Waals surface area contributed by atoms with Gasteiger partial charge in [0.15, 0.2) is 5.78 Å². The second-order valence-corrected chi connectivity index (χ2v) is 22.2. The van der Waals surface area contributed by atoms with Crippen molar-refractivity contribution in [1.29, 1.82) is 0 Å². The maximum Gasteiger partial charge on any atom is 0.251 e. The van der Waals surface area contributed by atoms with Crippen molar-refractivity contribution in [2.75, 3.05) is 192 Å². The molecule has 0 aliphatic carbocycles. The quantitative estimate of drug-likeness (QED) is 0.0204. The predicted octanol–water partition coefficient (Wildman–Crippen LogP) is 3.81. The molecule has 0 atom stereocenters. The van der Waals surface area contributed by atoms with Crippen LogP contribution in [0.5, 0.6) is 0 Å². The lowest BCUT2D eigenvalue weighted by Crippen LogP contribution is -2.42. The first-order valence-corrected chi connectivity index (χ1v) is 32.5. The van der Waals surface area contributed by atoms with Crippen LogP contribution in [-0.2, 0) is 0 Å². The lowest BCUT2D eigenvalue weighted by molar-refractivity contribution is 0.0932. The SMILES string of the molecule is CC/N=C/c1ccc(C(=O)NCCN(CCNC)CCNC(=O)c2ccc(/C=N/CCN(CC/N=C/c3ccc(C(=O)NCCN(CCNC)CCNC(=O)c4ccc(/C=N/CCN(CC/N=C/c5ccc(C(C)=O)cc5)CCNC)cc4)cc3)CCNC)cc2)cc1. The van der Waals surface area contributed by atoms with Crippen LogP contribution in [0.1, 0.15) is 93.5 Å². The first kappa shape index (κ1) is 75.4. The van der Waals surface area contributed by atoms with Crippen molar-refractivity contribution < 1.29 is 24.0 Å². The van der Waals surface area contributed by atoms with Gasteiger partial charge in [-0.05, 0) is 118 Å². The van der Waals surface area contributed by atoms with E-state index in [1.165, 1.54) is 0 Å². The van der Waals surface area contributed by atoms with E-state index >= 15 is 0 Å². The van der Waals surface area contributed by atoms with Gasteiger partial charge < -0.3 is 42.5 Å². The van der Waals surface area contributed by atoms with E-state index in [-0.39, 0.29) is 29.4 Å². The summed E-state index contributed by atoms with van der Waals surface area (Å²) < 4.78 is 0. The highest BCUT2D eigenvalue weighted by molar-refractivity contribution is 5.97. The van der Waals surface area contributed by atoms with Gasteiger partial charge in [0, 0.05) is 196 Å². The van der Waals surface area contributed by atoms with Gasteiger partial charge in [-0.3, -0.25) is 68.5 Å². The van der Waals surface area contributed by atoms with Crippen molar-refractivity contribution >= 4 is 60.5 Å². The lowest BCUT2D eigenvalue weighted by Gasteiger charge is -2.22. The molecule has 0 saturated heterocycles. The fourth-order valence-electron chi connectivity index (χ4n) is 9.50. The monoisotopic (exact) mass is 1270 g/mol. The highest BCUT2D eigenvalue weighted by Gasteiger charge is 2.14. The molecule has 93 heavy (non-hydrogen) atoms. The van der Waals surface area contributed by atoms with Crippen LogP contribution in [0.15, 0.2) is 146 Å². The first-order valence-electron chi connectivity index (χ1n) is 32.5. The summed E-state index contributed by atoms with van der Waals surface area (Å²) in [7, 11) is 7.69. The number of carbonyl (C=O) groups is 5. The second-order valence-electron chi connectivity index (χ2n) is 22.2. The third kappa shape index (κ3) is 31.2. The second kappa shape index (κ2) is 45.9. The van der Waals surface area contributed by atoms with Crippen molar-refractivity contribution in [2.24, 2.45) is 25.0 Å². The maximum absolute atomic E-state index is 13.2. The molecule has 8 N–H and O–H groups in total. The maximum atomic E-state index is 13.2. The summed E-state index contributed by atoms with van der Waals surface area (Å²) in [6.07, 6.45) is 9.16. The van der Waals surface area contributed by atoms with Gasteiger partial charge in [-0.2, -0.15) is 0 Å². The Labute approximate surface area is 551 Å². The summed E-state index contributed by atoms with van der Waals surface area (Å²) in [5, 5.41) is 25.0. The van der Waals surface area contributed by atoms with Crippen molar-refractivity contribution in [3.63, 3.8) is 0 Å². The van der Waals surface area contributed by atoms with Crippen LogP contribution in [0.25, 0.3) is 0 Å². The van der Waals surface area contributed by atoms with Crippen LogP contribution >= 0.6 is 0 Å². The number of ketones is 1. The van der Waals surface area contributed by atoms with E-state index in [1.807, 2.05) is 169 Å². The minimum atomic E-state index is -0.152. The molecule has 0 aliphatic rings. The summed E-state index contributed by atoms with van der Waals surface area (Å²) in [6, 6.07) is 37.1. The minimum absolute atomic E-state index is 0.0478. The summed E-state index contributed by atoms with van der Waals surface area (Å²) in [5.74, 6) is -0.519. The molecule has 0 saturated carbocycles. The zero-order chi connectivity index (χ0) is 66.5. The Morgan fingerprint density at radius 3 is 0.720 bits per heavy atom. The fourth-order valence-corrected chi connectivity index (χ4v) is 9.50. The molecule has 5 aromatic carbocycles. The Kier molecular flexibility index (Phi) is 37.2. The van der Waals surface area contributed by atoms with E-state index in [4.69, 9.17) is 4.99 Å². The standard InChI is InChI=1S/C71H101N17O5/c1-7-76-52-58-10-20-64(21-11-58)68(90)81-36-48-87(42-30-74-5)49-37-82-69(91)65-24-14-61(15-25-65)55-79-34-46-86(41-29-73-4)47-35-80-56-62-16-26-67(27-17-62)71(93)84-39-51-88(43-31-75-6)50-38-83-70(92)66-22-12-60(13-23-66)54-78-33-45-85(40-28-72-3)44-32-77-53-59-8-18-63(19-9-59)57(2)89/h8-27,52-56,72-75H,7,28-51H2,1-6H3,(H,81,90)(H,82,91)(H,83,92)(H,84,93)/b76-52+,77-53+,78-54+,79-55+,80-56+. The van der Waals surface area contributed by atoms with E-state index in [1.54, 1.807) is 25.3 Å². The van der Waals surface area contributed by atoms with Gasteiger partial charge in [-0.25, -0.2) is 0 Å². The zero-order valence-corrected chi connectivity index (χ0v) is 55.7. The third-order valence-corrected chi connectivity index (χ3v) is 15.1. The highest BCUT2D eigenvalue weighted by atomic mass is 16.2. The average molecular weight is 1270 g/mol. The van der Waals surface area contributed by atoms with Crippen LogP contribution < -0.4 is 42.5 Å². The largest absolute Gasteiger partial charge is 0.351 e. The number of carbonyl (C=O) groups excluding carboxylic acids is 5. The number of hydrogen-bond acceptors (Lipinski definition) is 18. The first-order chi connectivity index (χ1) is 45.4. The summed E-state index contributed by atoms with van der Waals surface area (Å²) in [4.78, 5) is 95.6. The van der Waals surface area contributed by atoms with Gasteiger partial charge in [0.05, 0.1) is 26.2 Å². The Hall–Kier alpha value is -8.32. The van der Waals surface area contributed by atoms with Crippen LogP contribution in [0.2, 0.25) is 0 Å². The Morgan fingerprint density at radius 2 is 0.505 bits per heavy atom. The van der Waals surface area contributed by atoms with Crippen LogP contribution in [-0.4, -0.2) is 272 Å².